The van der Waals surface area contributed by atoms with Gasteiger partial charge in [-0.05, 0) is 30.3 Å². The number of nitrogens with zero attached hydrogens (tertiary/aromatic N) is 3. The van der Waals surface area contributed by atoms with Gasteiger partial charge in [-0.3, -0.25) is 0 Å². The van der Waals surface area contributed by atoms with E-state index >= 15 is 0 Å². The molecule has 0 aliphatic rings. The predicted molar refractivity (Wildman–Crippen MR) is 85.5 cm³/mol. The minimum atomic E-state index is -0.704. The average molecular weight is 341 g/mol. The van der Waals surface area contributed by atoms with Crippen LogP contribution in [0, 0.1) is 23.0 Å². The summed E-state index contributed by atoms with van der Waals surface area (Å²) in [6, 6.07) is 12.0. The van der Waals surface area contributed by atoms with Crippen LogP contribution in [0.25, 0.3) is 5.69 Å². The molecule has 1 aromatic heterocycles. The Labute approximate surface area is 142 Å². The van der Waals surface area contributed by atoms with E-state index in [-0.39, 0.29) is 12.3 Å². The zero-order chi connectivity index (χ0) is 17.8. The standard InChI is InChI=1S/C18H13F2N3O2/c1-24-17-9-12(10-21)5-6-16(17)25-11-13-7-8-23(22-13)18-14(19)3-2-4-15(18)20/h2-9H,11H2,1H3. The molecule has 0 spiro atoms. The monoisotopic (exact) mass is 341 g/mol. The molecule has 0 aliphatic carbocycles. The lowest BCUT2D eigenvalue weighted by molar-refractivity contribution is 0.280. The normalized spacial score (nSPS) is 10.3. The molecular formula is C18H13F2N3O2. The Morgan fingerprint density at radius 2 is 1.88 bits per heavy atom. The number of rotatable bonds is 5. The van der Waals surface area contributed by atoms with Gasteiger partial charge in [-0.1, -0.05) is 6.07 Å². The second-order valence-electron chi connectivity index (χ2n) is 5.09. The molecule has 0 aliphatic heterocycles. The molecule has 126 valence electrons. The molecule has 0 amide bonds. The van der Waals surface area contributed by atoms with Gasteiger partial charge in [-0.15, -0.1) is 0 Å². The maximum Gasteiger partial charge on any atom is 0.162 e. The van der Waals surface area contributed by atoms with Gasteiger partial charge in [0.2, 0.25) is 0 Å². The molecule has 0 bridgehead atoms. The van der Waals surface area contributed by atoms with Crippen molar-refractivity contribution in [2.45, 2.75) is 6.61 Å². The fourth-order valence-electron chi connectivity index (χ4n) is 2.28. The molecule has 0 N–H and O–H groups in total. The van der Waals surface area contributed by atoms with E-state index in [2.05, 4.69) is 5.10 Å². The Morgan fingerprint density at radius 1 is 1.12 bits per heavy atom. The van der Waals surface area contributed by atoms with Crippen LogP contribution in [0.1, 0.15) is 11.3 Å². The van der Waals surface area contributed by atoms with Gasteiger partial charge in [0.05, 0.1) is 18.7 Å². The Bertz CT molecular complexity index is 927. The van der Waals surface area contributed by atoms with Gasteiger partial charge in [0.15, 0.2) is 23.1 Å². The molecule has 25 heavy (non-hydrogen) atoms. The molecule has 3 aromatic rings. The number of hydrogen-bond acceptors (Lipinski definition) is 4. The van der Waals surface area contributed by atoms with Crippen molar-refractivity contribution in [3.8, 4) is 23.3 Å². The van der Waals surface area contributed by atoms with Crippen molar-refractivity contribution < 1.29 is 18.3 Å². The molecule has 2 aromatic carbocycles. The molecule has 1 heterocycles. The fraction of sp³-hybridized carbons (Fsp3) is 0.111. The minimum absolute atomic E-state index is 0.0747. The lowest BCUT2D eigenvalue weighted by atomic mass is 10.2. The van der Waals surface area contributed by atoms with Crippen molar-refractivity contribution in [3.05, 3.63) is 71.6 Å². The average Bonchev–Trinajstić information content (AvgIpc) is 3.08. The highest BCUT2D eigenvalue weighted by Crippen LogP contribution is 2.28. The van der Waals surface area contributed by atoms with Crippen LogP contribution in [0.5, 0.6) is 11.5 Å². The molecule has 0 atom stereocenters. The van der Waals surface area contributed by atoms with E-state index in [1.807, 2.05) is 6.07 Å². The first-order chi connectivity index (χ1) is 12.1. The number of hydrogen-bond donors (Lipinski definition) is 0. The van der Waals surface area contributed by atoms with E-state index < -0.39 is 11.6 Å². The molecule has 0 radical (unpaired) electrons. The van der Waals surface area contributed by atoms with Crippen LogP contribution < -0.4 is 9.47 Å². The predicted octanol–water partition coefficient (Wildman–Crippen LogP) is 3.61. The van der Waals surface area contributed by atoms with Gasteiger partial charge < -0.3 is 9.47 Å². The van der Waals surface area contributed by atoms with Crippen molar-refractivity contribution in [3.63, 3.8) is 0 Å². The van der Waals surface area contributed by atoms with Crippen molar-refractivity contribution in [2.75, 3.05) is 7.11 Å². The van der Waals surface area contributed by atoms with E-state index in [0.29, 0.717) is 22.8 Å². The lowest BCUT2D eigenvalue weighted by Crippen LogP contribution is -2.04. The number of nitriles is 1. The summed E-state index contributed by atoms with van der Waals surface area (Å²) in [6.45, 7) is 0.0747. The Hall–Kier alpha value is -3.40. The lowest BCUT2D eigenvalue weighted by Gasteiger charge is -2.09. The van der Waals surface area contributed by atoms with Crippen LogP contribution in [0.2, 0.25) is 0 Å². The summed E-state index contributed by atoms with van der Waals surface area (Å²) in [4.78, 5) is 0. The quantitative estimate of drug-likeness (QED) is 0.711. The van der Waals surface area contributed by atoms with Crippen molar-refractivity contribution in [2.24, 2.45) is 0 Å². The molecule has 7 heteroatoms. The number of benzene rings is 2. The van der Waals surface area contributed by atoms with Gasteiger partial charge in [-0.2, -0.15) is 10.4 Å². The molecule has 0 unspecified atom stereocenters. The number of halogens is 2. The third-order valence-electron chi connectivity index (χ3n) is 3.48. The van der Waals surface area contributed by atoms with E-state index in [9.17, 15) is 8.78 Å². The summed E-state index contributed by atoms with van der Waals surface area (Å²) < 4.78 is 39.5. The summed E-state index contributed by atoms with van der Waals surface area (Å²) in [5.74, 6) is -0.555. The van der Waals surface area contributed by atoms with Gasteiger partial charge >= 0.3 is 0 Å². The first-order valence-corrected chi connectivity index (χ1v) is 7.32. The topological polar surface area (TPSA) is 60.1 Å². The largest absolute Gasteiger partial charge is 0.493 e. The van der Waals surface area contributed by atoms with Gasteiger partial charge in [-0.25, -0.2) is 13.5 Å². The third kappa shape index (κ3) is 3.43. The fourth-order valence-corrected chi connectivity index (χ4v) is 2.28. The highest BCUT2D eigenvalue weighted by Gasteiger charge is 2.13. The van der Waals surface area contributed by atoms with Crippen LogP contribution in [-0.2, 0) is 6.61 Å². The molecule has 5 nitrogen and oxygen atoms in total. The van der Waals surface area contributed by atoms with E-state index in [1.54, 1.807) is 24.3 Å². The van der Waals surface area contributed by atoms with Gasteiger partial charge in [0.25, 0.3) is 0 Å². The summed E-state index contributed by atoms with van der Waals surface area (Å²) >= 11 is 0. The van der Waals surface area contributed by atoms with Crippen LogP contribution in [-0.4, -0.2) is 16.9 Å². The molecular weight excluding hydrogens is 328 g/mol. The maximum atomic E-state index is 13.8. The second-order valence-corrected chi connectivity index (χ2v) is 5.09. The van der Waals surface area contributed by atoms with Crippen LogP contribution in [0.3, 0.4) is 0 Å². The van der Waals surface area contributed by atoms with Crippen molar-refractivity contribution in [1.29, 1.82) is 5.26 Å². The van der Waals surface area contributed by atoms with Crippen LogP contribution in [0.15, 0.2) is 48.7 Å². The zero-order valence-electron chi connectivity index (χ0n) is 13.2. The van der Waals surface area contributed by atoms with Crippen molar-refractivity contribution >= 4 is 0 Å². The van der Waals surface area contributed by atoms with Crippen LogP contribution in [0.4, 0.5) is 8.78 Å². The van der Waals surface area contributed by atoms with Crippen molar-refractivity contribution in [1.82, 2.24) is 9.78 Å². The number of methoxy groups -OCH3 is 1. The Kier molecular flexibility index (Phi) is 4.61. The smallest absolute Gasteiger partial charge is 0.162 e. The van der Waals surface area contributed by atoms with Crippen LogP contribution >= 0.6 is 0 Å². The number of aromatic nitrogens is 2. The number of ether oxygens (including phenoxy) is 2. The molecule has 0 saturated heterocycles. The first kappa shape index (κ1) is 16.5. The SMILES string of the molecule is COc1cc(C#N)ccc1OCc1ccn(-c2c(F)cccc2F)n1. The Morgan fingerprint density at radius 3 is 2.56 bits per heavy atom. The van der Waals surface area contributed by atoms with E-state index in [0.717, 1.165) is 16.8 Å². The maximum absolute atomic E-state index is 13.8. The minimum Gasteiger partial charge on any atom is -0.493 e. The number of para-hydroxylation sites is 1. The summed E-state index contributed by atoms with van der Waals surface area (Å²) in [6.07, 6.45) is 1.45. The summed E-state index contributed by atoms with van der Waals surface area (Å²) in [5, 5.41) is 13.0. The molecule has 0 fully saturated rings. The summed E-state index contributed by atoms with van der Waals surface area (Å²) in [5.41, 5.74) is 0.683. The van der Waals surface area contributed by atoms with E-state index in [4.69, 9.17) is 14.7 Å². The van der Waals surface area contributed by atoms with E-state index in [1.165, 1.54) is 19.4 Å². The zero-order valence-corrected chi connectivity index (χ0v) is 13.2. The highest BCUT2D eigenvalue weighted by atomic mass is 19.1. The van der Waals surface area contributed by atoms with Gasteiger partial charge in [0, 0.05) is 12.3 Å². The summed E-state index contributed by atoms with van der Waals surface area (Å²) in [7, 11) is 1.47. The second kappa shape index (κ2) is 7.01. The molecule has 0 saturated carbocycles. The van der Waals surface area contributed by atoms with Gasteiger partial charge in [0.1, 0.15) is 18.0 Å². The Balaban J connectivity index is 1.78. The highest BCUT2D eigenvalue weighted by molar-refractivity contribution is 5.46. The third-order valence-corrected chi connectivity index (χ3v) is 3.48. The molecule has 3 rings (SSSR count). The first-order valence-electron chi connectivity index (χ1n) is 7.32.